The van der Waals surface area contributed by atoms with Gasteiger partial charge in [-0.05, 0) is 44.9 Å². The Morgan fingerprint density at radius 2 is 1.95 bits per heavy atom. The Labute approximate surface area is 127 Å². The molecule has 1 saturated carbocycles. The van der Waals surface area contributed by atoms with Crippen molar-refractivity contribution >= 4 is 5.78 Å². The number of aromatic nitrogens is 1. The van der Waals surface area contributed by atoms with Gasteiger partial charge < -0.3 is 9.30 Å². The highest BCUT2D eigenvalue weighted by atomic mass is 19.2. The van der Waals surface area contributed by atoms with Crippen LogP contribution in [0, 0.1) is 25.5 Å². The maximum Gasteiger partial charge on any atom is 0.202 e. The number of Topliss-reactive ketones (excluding diaryl/α,β-unsaturated/α-hetero) is 1. The molecule has 0 radical (unpaired) electrons. The quantitative estimate of drug-likeness (QED) is 0.782. The van der Waals surface area contributed by atoms with Gasteiger partial charge in [0.05, 0.1) is 0 Å². The van der Waals surface area contributed by atoms with E-state index in [9.17, 15) is 13.6 Å². The van der Waals surface area contributed by atoms with E-state index in [1.807, 2.05) is 19.9 Å². The molecule has 0 unspecified atom stereocenters. The third-order valence-corrected chi connectivity index (χ3v) is 3.96. The van der Waals surface area contributed by atoms with Gasteiger partial charge in [-0.3, -0.25) is 4.79 Å². The fourth-order valence-electron chi connectivity index (χ4n) is 2.75. The summed E-state index contributed by atoms with van der Waals surface area (Å²) in [6.45, 7) is 3.72. The number of benzene rings is 1. The fraction of sp³-hybridized carbons (Fsp3) is 0.353. The Balaban J connectivity index is 1.72. The number of halogens is 2. The molecule has 0 spiro atoms. The smallest absolute Gasteiger partial charge is 0.202 e. The molecule has 1 fully saturated rings. The van der Waals surface area contributed by atoms with Gasteiger partial charge in [0, 0.05) is 29.1 Å². The summed E-state index contributed by atoms with van der Waals surface area (Å²) in [7, 11) is 0. The van der Waals surface area contributed by atoms with Gasteiger partial charge in [0.25, 0.3) is 0 Å². The molecule has 0 atom stereocenters. The van der Waals surface area contributed by atoms with Crippen molar-refractivity contribution < 1.29 is 18.3 Å². The van der Waals surface area contributed by atoms with Gasteiger partial charge in [0.1, 0.15) is 5.75 Å². The summed E-state index contributed by atoms with van der Waals surface area (Å²) >= 11 is 0. The minimum atomic E-state index is -0.989. The van der Waals surface area contributed by atoms with Gasteiger partial charge in [-0.1, -0.05) is 0 Å². The first-order valence-electron chi connectivity index (χ1n) is 7.27. The van der Waals surface area contributed by atoms with E-state index in [2.05, 4.69) is 4.57 Å². The van der Waals surface area contributed by atoms with E-state index in [0.717, 1.165) is 36.4 Å². The summed E-state index contributed by atoms with van der Waals surface area (Å²) in [6, 6.07) is 5.60. The third-order valence-electron chi connectivity index (χ3n) is 3.96. The van der Waals surface area contributed by atoms with Crippen molar-refractivity contribution in [2.75, 3.05) is 6.61 Å². The molecule has 1 aromatic carbocycles. The molecule has 1 aliphatic carbocycles. The zero-order valence-corrected chi connectivity index (χ0v) is 12.5. The Morgan fingerprint density at radius 1 is 1.23 bits per heavy atom. The van der Waals surface area contributed by atoms with Crippen LogP contribution in [0.2, 0.25) is 0 Å². The van der Waals surface area contributed by atoms with Crippen molar-refractivity contribution in [3.63, 3.8) is 0 Å². The molecule has 116 valence electrons. The SMILES string of the molecule is Cc1cc(C(=O)COc2ccc(F)c(F)c2)c(C)n1C1CC1. The van der Waals surface area contributed by atoms with E-state index in [0.29, 0.717) is 11.6 Å². The molecule has 0 N–H and O–H groups in total. The van der Waals surface area contributed by atoms with Gasteiger partial charge in [-0.2, -0.15) is 0 Å². The average Bonchev–Trinajstić information content (AvgIpc) is 3.26. The molecule has 0 bridgehead atoms. The van der Waals surface area contributed by atoms with E-state index < -0.39 is 11.6 Å². The zero-order valence-electron chi connectivity index (χ0n) is 12.5. The van der Waals surface area contributed by atoms with Gasteiger partial charge in [-0.25, -0.2) is 8.78 Å². The number of carbonyl (C=O) groups is 1. The average molecular weight is 305 g/mol. The van der Waals surface area contributed by atoms with Crippen LogP contribution in [-0.4, -0.2) is 17.0 Å². The van der Waals surface area contributed by atoms with Crippen LogP contribution in [0.1, 0.15) is 40.6 Å². The van der Waals surface area contributed by atoms with Crippen LogP contribution in [0.25, 0.3) is 0 Å². The number of hydrogen-bond acceptors (Lipinski definition) is 2. The molecule has 0 aliphatic heterocycles. The summed E-state index contributed by atoms with van der Waals surface area (Å²) in [5, 5.41) is 0. The van der Waals surface area contributed by atoms with Crippen molar-refractivity contribution in [3.8, 4) is 5.75 Å². The van der Waals surface area contributed by atoms with Gasteiger partial charge >= 0.3 is 0 Å². The highest BCUT2D eigenvalue weighted by Crippen LogP contribution is 2.38. The molecular formula is C17H17F2NO2. The van der Waals surface area contributed by atoms with Gasteiger partial charge in [0.15, 0.2) is 18.2 Å². The van der Waals surface area contributed by atoms with E-state index in [-0.39, 0.29) is 18.1 Å². The number of aryl methyl sites for hydroxylation is 1. The lowest BCUT2D eigenvalue weighted by atomic mass is 10.1. The maximum atomic E-state index is 13.1. The Bertz CT molecular complexity index is 733. The molecule has 3 rings (SSSR count). The minimum absolute atomic E-state index is 0.142. The minimum Gasteiger partial charge on any atom is -0.485 e. The second-order valence-corrected chi connectivity index (χ2v) is 5.67. The van der Waals surface area contributed by atoms with Crippen molar-refractivity contribution in [1.82, 2.24) is 4.57 Å². The first-order valence-corrected chi connectivity index (χ1v) is 7.27. The second kappa shape index (κ2) is 5.55. The van der Waals surface area contributed by atoms with Crippen molar-refractivity contribution in [1.29, 1.82) is 0 Å². The molecular weight excluding hydrogens is 288 g/mol. The third kappa shape index (κ3) is 2.75. The molecule has 2 aromatic rings. The van der Waals surface area contributed by atoms with Crippen molar-refractivity contribution in [3.05, 3.63) is 52.9 Å². The highest BCUT2D eigenvalue weighted by molar-refractivity contribution is 5.98. The fourth-order valence-corrected chi connectivity index (χ4v) is 2.75. The van der Waals surface area contributed by atoms with E-state index >= 15 is 0 Å². The number of hydrogen-bond donors (Lipinski definition) is 0. The van der Waals surface area contributed by atoms with E-state index in [1.165, 1.54) is 6.07 Å². The Hall–Kier alpha value is -2.17. The van der Waals surface area contributed by atoms with E-state index in [4.69, 9.17) is 4.74 Å². The molecule has 22 heavy (non-hydrogen) atoms. The standard InChI is InChI=1S/C17H17F2NO2/c1-10-7-14(11(2)20(10)12-3-4-12)17(21)9-22-13-5-6-15(18)16(19)8-13/h5-8,12H,3-4,9H2,1-2H3. The van der Waals surface area contributed by atoms with Crippen LogP contribution in [0.4, 0.5) is 8.78 Å². The zero-order chi connectivity index (χ0) is 15.9. The number of ketones is 1. The summed E-state index contributed by atoms with van der Waals surface area (Å²) in [5.41, 5.74) is 2.64. The number of rotatable bonds is 5. The normalized spacial score (nSPS) is 14.2. The highest BCUT2D eigenvalue weighted by Gasteiger charge is 2.28. The van der Waals surface area contributed by atoms with Crippen LogP contribution in [0.3, 0.4) is 0 Å². The first-order chi connectivity index (χ1) is 10.5. The summed E-state index contributed by atoms with van der Waals surface area (Å²) in [4.78, 5) is 12.3. The molecule has 3 nitrogen and oxygen atoms in total. The Morgan fingerprint density at radius 3 is 2.59 bits per heavy atom. The predicted octanol–water partition coefficient (Wildman–Crippen LogP) is 3.98. The number of carbonyl (C=O) groups excluding carboxylic acids is 1. The monoisotopic (exact) mass is 305 g/mol. The van der Waals surface area contributed by atoms with Crippen LogP contribution >= 0.6 is 0 Å². The van der Waals surface area contributed by atoms with Crippen LogP contribution < -0.4 is 4.74 Å². The van der Waals surface area contributed by atoms with Gasteiger partial charge in [-0.15, -0.1) is 0 Å². The van der Waals surface area contributed by atoms with Crippen LogP contribution in [0.5, 0.6) is 5.75 Å². The molecule has 1 aromatic heterocycles. The van der Waals surface area contributed by atoms with Crippen LogP contribution in [-0.2, 0) is 0 Å². The molecule has 1 aliphatic rings. The van der Waals surface area contributed by atoms with Crippen molar-refractivity contribution in [2.24, 2.45) is 0 Å². The molecule has 1 heterocycles. The summed E-state index contributed by atoms with van der Waals surface area (Å²) in [6.07, 6.45) is 2.30. The largest absolute Gasteiger partial charge is 0.485 e. The lowest BCUT2D eigenvalue weighted by molar-refractivity contribution is 0.0920. The predicted molar refractivity (Wildman–Crippen MR) is 78.4 cm³/mol. The second-order valence-electron chi connectivity index (χ2n) is 5.67. The van der Waals surface area contributed by atoms with E-state index in [1.54, 1.807) is 0 Å². The lowest BCUT2D eigenvalue weighted by Gasteiger charge is -2.08. The molecule has 0 saturated heterocycles. The number of ether oxygens (including phenoxy) is 1. The summed E-state index contributed by atoms with van der Waals surface area (Å²) in [5.74, 6) is -1.95. The Kier molecular flexibility index (Phi) is 3.72. The topological polar surface area (TPSA) is 31.2 Å². The van der Waals surface area contributed by atoms with Crippen molar-refractivity contribution in [2.45, 2.75) is 32.7 Å². The maximum absolute atomic E-state index is 13.1. The molecule has 5 heteroatoms. The van der Waals surface area contributed by atoms with Gasteiger partial charge in [0.2, 0.25) is 5.78 Å². The lowest BCUT2D eigenvalue weighted by Crippen LogP contribution is -2.13. The first kappa shape index (κ1) is 14.8. The molecule has 0 amide bonds. The number of nitrogens with zero attached hydrogens (tertiary/aromatic N) is 1. The summed E-state index contributed by atoms with van der Waals surface area (Å²) < 4.78 is 33.4. The van der Waals surface area contributed by atoms with Crippen LogP contribution in [0.15, 0.2) is 24.3 Å².